The second-order valence-corrected chi connectivity index (χ2v) is 11.7. The average Bonchev–Trinajstić information content (AvgIpc) is 3.68. The summed E-state index contributed by atoms with van der Waals surface area (Å²) in [6, 6.07) is 19.9. The molecule has 0 atom stereocenters. The van der Waals surface area contributed by atoms with Crippen molar-refractivity contribution in [2.75, 3.05) is 6.54 Å². The molecule has 3 heterocycles. The second-order valence-electron chi connectivity index (χ2n) is 10.1. The summed E-state index contributed by atoms with van der Waals surface area (Å²) >= 11 is 7.35. The van der Waals surface area contributed by atoms with Crippen molar-refractivity contribution in [1.82, 2.24) is 25.0 Å². The number of unbranched alkanes of at least 4 members (excludes halogenated alkanes) is 1. The molecule has 8 nitrogen and oxygen atoms in total. The minimum atomic E-state index is -0.597. The molecule has 0 aliphatic carbocycles. The maximum Gasteiger partial charge on any atom is 0.439 e. The fraction of sp³-hybridized carbons (Fsp3) is 0.281. The maximum atomic E-state index is 13.9. The highest BCUT2D eigenvalue weighted by Gasteiger charge is 2.17. The van der Waals surface area contributed by atoms with Crippen LogP contribution in [0.1, 0.15) is 47.3 Å². The van der Waals surface area contributed by atoms with Gasteiger partial charge in [-0.15, -0.1) is 11.3 Å². The summed E-state index contributed by atoms with van der Waals surface area (Å²) in [6.45, 7) is 5.18. The molecule has 2 aromatic carbocycles. The van der Waals surface area contributed by atoms with E-state index in [0.717, 1.165) is 66.0 Å². The molecule has 0 fully saturated rings. The van der Waals surface area contributed by atoms with E-state index in [0.29, 0.717) is 29.3 Å². The lowest BCUT2D eigenvalue weighted by molar-refractivity contribution is 0.388. The molecule has 10 heteroatoms. The molecule has 5 aromatic rings. The maximum absolute atomic E-state index is 13.9. The Kier molecular flexibility index (Phi) is 9.55. The van der Waals surface area contributed by atoms with Gasteiger partial charge in [0.05, 0.1) is 11.5 Å². The van der Waals surface area contributed by atoms with E-state index in [4.69, 9.17) is 21.7 Å². The fourth-order valence-corrected chi connectivity index (χ4v) is 5.87. The second kappa shape index (κ2) is 13.7. The number of thiocarbonyl (C=S) groups is 1. The van der Waals surface area contributed by atoms with Crippen LogP contribution in [0.4, 0.5) is 0 Å². The van der Waals surface area contributed by atoms with Gasteiger partial charge in [0.2, 0.25) is 0 Å². The molecule has 0 saturated heterocycles. The largest absolute Gasteiger partial charge is 0.439 e. The molecule has 0 spiro atoms. The van der Waals surface area contributed by atoms with Gasteiger partial charge in [0.1, 0.15) is 5.82 Å². The lowest BCUT2D eigenvalue weighted by Crippen LogP contribution is -2.34. The number of H-pyrrole nitrogens is 1. The number of hydrogen-bond donors (Lipinski definition) is 2. The molecule has 0 radical (unpaired) electrons. The van der Waals surface area contributed by atoms with Crippen molar-refractivity contribution >= 4 is 28.5 Å². The van der Waals surface area contributed by atoms with Crippen LogP contribution in [0.15, 0.2) is 80.2 Å². The number of rotatable bonds is 12. The van der Waals surface area contributed by atoms with Gasteiger partial charge in [-0.05, 0) is 47.9 Å². The van der Waals surface area contributed by atoms with E-state index in [-0.39, 0.29) is 5.56 Å². The molecule has 2 N–H and O–H groups in total. The Labute approximate surface area is 253 Å². The minimum absolute atomic E-state index is 0.0413. The summed E-state index contributed by atoms with van der Waals surface area (Å²) in [7, 11) is 0. The summed E-state index contributed by atoms with van der Waals surface area (Å²) in [5.41, 5.74) is 4.95. The summed E-state index contributed by atoms with van der Waals surface area (Å²) in [5, 5.41) is 9.23. The predicted octanol–water partition coefficient (Wildman–Crippen LogP) is 5.72. The van der Waals surface area contributed by atoms with E-state index in [9.17, 15) is 9.59 Å². The van der Waals surface area contributed by atoms with Crippen molar-refractivity contribution in [3.63, 3.8) is 0 Å². The van der Waals surface area contributed by atoms with E-state index >= 15 is 0 Å². The molecule has 3 aromatic heterocycles. The number of benzene rings is 2. The Bertz CT molecular complexity index is 1770. The molecule has 0 aliphatic heterocycles. The van der Waals surface area contributed by atoms with Gasteiger partial charge in [-0.1, -0.05) is 85.3 Å². The topological polar surface area (TPSA) is 106 Å². The third kappa shape index (κ3) is 7.00. The van der Waals surface area contributed by atoms with Crippen LogP contribution in [-0.4, -0.2) is 31.2 Å². The van der Waals surface area contributed by atoms with Gasteiger partial charge in [0, 0.05) is 41.1 Å². The monoisotopic (exact) mass is 599 g/mol. The molecule has 0 saturated carbocycles. The molecular formula is C32H33N5O3S2. The zero-order valence-corrected chi connectivity index (χ0v) is 25.3. The van der Waals surface area contributed by atoms with Crippen molar-refractivity contribution in [1.29, 1.82) is 0 Å². The predicted molar refractivity (Wildman–Crippen MR) is 171 cm³/mol. The molecular weight excluding hydrogens is 567 g/mol. The molecule has 0 unspecified atom stereocenters. The van der Waals surface area contributed by atoms with Gasteiger partial charge >= 0.3 is 5.76 Å². The lowest BCUT2D eigenvalue weighted by Gasteiger charge is -2.17. The molecule has 0 amide bonds. The molecule has 216 valence electrons. The Balaban J connectivity index is 1.37. The van der Waals surface area contributed by atoms with Crippen molar-refractivity contribution in [3.8, 4) is 22.5 Å². The highest BCUT2D eigenvalue weighted by atomic mass is 32.1. The van der Waals surface area contributed by atoms with Gasteiger partial charge in [0.25, 0.3) is 5.56 Å². The number of aryl methyl sites for hydroxylation is 2. The molecule has 0 aliphatic rings. The van der Waals surface area contributed by atoms with Gasteiger partial charge in [-0.2, -0.15) is 0 Å². The van der Waals surface area contributed by atoms with E-state index in [1.165, 1.54) is 4.88 Å². The van der Waals surface area contributed by atoms with Crippen LogP contribution in [0.3, 0.4) is 0 Å². The van der Waals surface area contributed by atoms with Crippen LogP contribution in [0, 0.1) is 6.92 Å². The van der Waals surface area contributed by atoms with Gasteiger partial charge in [-0.3, -0.25) is 18.9 Å². The SMILES string of the molecule is CCCCc1nc(C)c(CC(=S)NCCc2cccs2)c(=O)n1Cc1ccc(-c2ccccc2-c2noc(=O)[nH]2)cc1. The van der Waals surface area contributed by atoms with Crippen LogP contribution in [0.2, 0.25) is 0 Å². The summed E-state index contributed by atoms with van der Waals surface area (Å²) in [4.78, 5) is 34.8. The van der Waals surface area contributed by atoms with Crippen molar-refractivity contribution in [2.24, 2.45) is 0 Å². The highest BCUT2D eigenvalue weighted by molar-refractivity contribution is 7.80. The molecule has 5 rings (SSSR count). The van der Waals surface area contributed by atoms with Crippen LogP contribution in [-0.2, 0) is 25.8 Å². The van der Waals surface area contributed by atoms with E-state index in [1.807, 2.05) is 61.5 Å². The van der Waals surface area contributed by atoms with E-state index in [2.05, 4.69) is 33.8 Å². The number of aromatic amines is 1. The Morgan fingerprint density at radius 1 is 1.05 bits per heavy atom. The number of nitrogens with zero attached hydrogens (tertiary/aromatic N) is 3. The molecule has 42 heavy (non-hydrogen) atoms. The van der Waals surface area contributed by atoms with E-state index in [1.54, 1.807) is 15.9 Å². The lowest BCUT2D eigenvalue weighted by atomic mass is 9.98. The Hall–Kier alpha value is -4.15. The Morgan fingerprint density at radius 2 is 1.83 bits per heavy atom. The smallest absolute Gasteiger partial charge is 0.379 e. The first-order chi connectivity index (χ1) is 20.4. The van der Waals surface area contributed by atoms with Gasteiger partial charge in [0.15, 0.2) is 5.82 Å². The Morgan fingerprint density at radius 3 is 2.52 bits per heavy atom. The standard InChI is InChI=1S/C32H33N5O3S2/c1-3-4-11-28-34-21(2)27(19-29(41)33-17-16-24-8-7-18-42-24)31(38)37(28)20-22-12-14-23(15-13-22)25-9-5-6-10-26(25)30-35-32(39)40-36-30/h5-10,12-15,18H,3-4,11,16-17,19-20H2,1-2H3,(H,33,41)(H,35,36,39). The summed E-state index contributed by atoms with van der Waals surface area (Å²) in [5.74, 6) is 0.577. The number of hydrogen-bond acceptors (Lipinski definition) is 7. The average molecular weight is 600 g/mol. The number of aromatic nitrogens is 4. The van der Waals surface area contributed by atoms with Crippen LogP contribution >= 0.6 is 23.6 Å². The van der Waals surface area contributed by atoms with Crippen molar-refractivity contribution < 1.29 is 4.52 Å². The van der Waals surface area contributed by atoms with Crippen LogP contribution in [0.25, 0.3) is 22.5 Å². The minimum Gasteiger partial charge on any atom is -0.379 e. The zero-order chi connectivity index (χ0) is 29.5. The first-order valence-electron chi connectivity index (χ1n) is 14.1. The van der Waals surface area contributed by atoms with Crippen LogP contribution in [0.5, 0.6) is 0 Å². The molecule has 0 bridgehead atoms. The normalized spacial score (nSPS) is 11.1. The van der Waals surface area contributed by atoms with E-state index < -0.39 is 5.76 Å². The first-order valence-corrected chi connectivity index (χ1v) is 15.3. The summed E-state index contributed by atoms with van der Waals surface area (Å²) in [6.07, 6.45) is 3.96. The highest BCUT2D eigenvalue weighted by Crippen LogP contribution is 2.30. The van der Waals surface area contributed by atoms with Crippen molar-refractivity contribution in [3.05, 3.63) is 114 Å². The third-order valence-corrected chi connectivity index (χ3v) is 8.37. The van der Waals surface area contributed by atoms with Crippen LogP contribution < -0.4 is 16.6 Å². The number of nitrogens with one attached hydrogen (secondary N) is 2. The quantitative estimate of drug-likeness (QED) is 0.177. The summed E-state index contributed by atoms with van der Waals surface area (Å²) < 4.78 is 6.51. The number of thiophene rings is 1. The first kappa shape index (κ1) is 29.3. The fourth-order valence-electron chi connectivity index (χ4n) is 4.91. The zero-order valence-electron chi connectivity index (χ0n) is 23.7. The third-order valence-electron chi connectivity index (χ3n) is 7.14. The van der Waals surface area contributed by atoms with Gasteiger partial charge in [-0.25, -0.2) is 9.78 Å². The van der Waals surface area contributed by atoms with Crippen molar-refractivity contribution in [2.45, 2.75) is 52.5 Å². The van der Waals surface area contributed by atoms with Gasteiger partial charge < -0.3 is 5.32 Å².